The summed E-state index contributed by atoms with van der Waals surface area (Å²) >= 11 is 1.77. The van der Waals surface area contributed by atoms with Crippen molar-refractivity contribution in [1.82, 2.24) is 0 Å². The number of thiazole rings is 1. The number of hydrogen-bond acceptors (Lipinski definition) is 1. The topological polar surface area (TPSA) is 3.88 Å². The van der Waals surface area contributed by atoms with Crippen LogP contribution in [0.5, 0.6) is 0 Å². The van der Waals surface area contributed by atoms with Crippen LogP contribution < -0.4 is 17.0 Å². The van der Waals surface area contributed by atoms with Crippen molar-refractivity contribution in [3.05, 3.63) is 16.6 Å². The molecule has 0 atom stereocenters. The van der Waals surface area contributed by atoms with Gasteiger partial charge in [-0.1, -0.05) is 11.3 Å². The van der Waals surface area contributed by atoms with Crippen molar-refractivity contribution in [2.75, 3.05) is 0 Å². The van der Waals surface area contributed by atoms with E-state index in [1.54, 1.807) is 11.3 Å². The lowest BCUT2D eigenvalue weighted by molar-refractivity contribution is -0.672. The first-order chi connectivity index (χ1) is 3.30. The summed E-state index contributed by atoms with van der Waals surface area (Å²) in [5.41, 5.74) is 0. The summed E-state index contributed by atoms with van der Waals surface area (Å²) in [6.45, 7) is 2.10. The lowest BCUT2D eigenvalue weighted by atomic mass is 10.8. The van der Waals surface area contributed by atoms with E-state index in [4.69, 9.17) is 0 Å². The molecule has 0 aliphatic rings. The van der Waals surface area contributed by atoms with Crippen molar-refractivity contribution >= 4 is 11.3 Å². The van der Waals surface area contributed by atoms with Gasteiger partial charge in [0.05, 0.1) is 5.38 Å². The summed E-state index contributed by atoms with van der Waals surface area (Å²) in [7, 11) is 2.05. The number of nitrogens with zero attached hydrogens (tertiary/aromatic N) is 1. The van der Waals surface area contributed by atoms with E-state index in [0.717, 1.165) is 0 Å². The minimum absolute atomic E-state index is 0. The fraction of sp³-hybridized carbons (Fsp3) is 0.400. The maximum absolute atomic E-state index is 2.10. The number of halogens is 1. The molecule has 46 valence electrons. The molecular formula is C5H8ClNS. The van der Waals surface area contributed by atoms with Crippen molar-refractivity contribution < 1.29 is 17.0 Å². The Kier molecular flexibility index (Phi) is 3.02. The predicted octanol–water partition coefficient (Wildman–Crippen LogP) is -2.11. The van der Waals surface area contributed by atoms with Crippen LogP contribution in [-0.2, 0) is 7.05 Å². The Morgan fingerprint density at radius 2 is 2.25 bits per heavy atom. The van der Waals surface area contributed by atoms with Crippen molar-refractivity contribution in [1.29, 1.82) is 0 Å². The van der Waals surface area contributed by atoms with Crippen LogP contribution >= 0.6 is 11.3 Å². The summed E-state index contributed by atoms with van der Waals surface area (Å²) in [6, 6.07) is 0. The summed E-state index contributed by atoms with van der Waals surface area (Å²) in [5.74, 6) is 0. The summed E-state index contributed by atoms with van der Waals surface area (Å²) < 4.78 is 2.10. The Morgan fingerprint density at radius 3 is 2.38 bits per heavy atom. The quantitative estimate of drug-likeness (QED) is 0.372. The van der Waals surface area contributed by atoms with Crippen LogP contribution in [0.2, 0.25) is 0 Å². The van der Waals surface area contributed by atoms with E-state index < -0.39 is 0 Å². The van der Waals surface area contributed by atoms with Gasteiger partial charge in [-0.25, -0.2) is 0 Å². The van der Waals surface area contributed by atoms with Gasteiger partial charge in [-0.2, -0.15) is 4.57 Å². The standard InChI is InChI=1S/C5H8NS.ClH/c1-5-6(2)3-4-7-5;/h3-4H,1-2H3;1H/q+1;/p-1. The third-order valence-electron chi connectivity index (χ3n) is 1.02. The van der Waals surface area contributed by atoms with Gasteiger partial charge in [0.1, 0.15) is 7.05 Å². The minimum atomic E-state index is 0. The van der Waals surface area contributed by atoms with E-state index in [1.165, 1.54) is 5.01 Å². The van der Waals surface area contributed by atoms with Crippen molar-refractivity contribution in [3.63, 3.8) is 0 Å². The molecule has 3 heteroatoms. The second-order valence-corrected chi connectivity index (χ2v) is 2.63. The smallest absolute Gasteiger partial charge is 0.233 e. The van der Waals surface area contributed by atoms with Crippen LogP contribution in [0.15, 0.2) is 11.6 Å². The molecule has 0 fully saturated rings. The van der Waals surface area contributed by atoms with E-state index in [2.05, 4.69) is 23.1 Å². The first kappa shape index (κ1) is 7.92. The molecule has 0 saturated heterocycles. The molecule has 0 bridgehead atoms. The number of aryl methyl sites for hydroxylation is 2. The largest absolute Gasteiger partial charge is 1.00 e. The molecular weight excluding hydrogens is 142 g/mol. The van der Waals surface area contributed by atoms with Crippen LogP contribution in [-0.4, -0.2) is 0 Å². The van der Waals surface area contributed by atoms with Gasteiger partial charge in [0, 0.05) is 6.92 Å². The zero-order valence-corrected chi connectivity index (χ0v) is 6.46. The SMILES string of the molecule is Cc1scc[n+]1C.[Cl-]. The summed E-state index contributed by atoms with van der Waals surface area (Å²) in [4.78, 5) is 0. The van der Waals surface area contributed by atoms with Gasteiger partial charge >= 0.3 is 0 Å². The average Bonchev–Trinajstić information content (AvgIpc) is 1.91. The molecule has 1 aromatic rings. The van der Waals surface area contributed by atoms with Crippen LogP contribution in [0, 0.1) is 6.92 Å². The summed E-state index contributed by atoms with van der Waals surface area (Å²) in [5, 5.41) is 3.43. The highest BCUT2D eigenvalue weighted by Crippen LogP contribution is 1.95. The fourth-order valence-electron chi connectivity index (χ4n) is 0.408. The van der Waals surface area contributed by atoms with E-state index >= 15 is 0 Å². The van der Waals surface area contributed by atoms with Crippen molar-refractivity contribution in [3.8, 4) is 0 Å². The molecule has 8 heavy (non-hydrogen) atoms. The molecule has 1 nitrogen and oxygen atoms in total. The molecule has 1 aromatic heterocycles. The maximum Gasteiger partial charge on any atom is 0.233 e. The van der Waals surface area contributed by atoms with Crippen LogP contribution in [0.25, 0.3) is 0 Å². The fourth-order valence-corrected chi connectivity index (χ4v) is 1.08. The molecule has 0 N–H and O–H groups in total. The highest BCUT2D eigenvalue weighted by atomic mass is 35.5. The molecule has 0 amide bonds. The molecule has 1 rings (SSSR count). The third kappa shape index (κ3) is 1.46. The van der Waals surface area contributed by atoms with Gasteiger partial charge < -0.3 is 12.4 Å². The molecule has 0 spiro atoms. The second-order valence-electron chi connectivity index (χ2n) is 1.53. The van der Waals surface area contributed by atoms with E-state index in [1.807, 2.05) is 7.05 Å². The van der Waals surface area contributed by atoms with Crippen LogP contribution in [0.4, 0.5) is 0 Å². The molecule has 1 heterocycles. The van der Waals surface area contributed by atoms with Crippen molar-refractivity contribution in [2.45, 2.75) is 6.92 Å². The Morgan fingerprint density at radius 1 is 1.62 bits per heavy atom. The molecule has 0 unspecified atom stereocenters. The normalized spacial score (nSPS) is 8.25. The average molecular weight is 150 g/mol. The lowest BCUT2D eigenvalue weighted by Crippen LogP contribution is -3.00. The van der Waals surface area contributed by atoms with Gasteiger partial charge in [-0.05, 0) is 0 Å². The third-order valence-corrected chi connectivity index (χ3v) is 1.91. The molecule has 0 aliphatic heterocycles. The van der Waals surface area contributed by atoms with E-state index in [9.17, 15) is 0 Å². The molecule has 0 aliphatic carbocycles. The Bertz CT molecular complexity index is 145. The second kappa shape index (κ2) is 3.05. The lowest BCUT2D eigenvalue weighted by Gasteiger charge is -1.74. The van der Waals surface area contributed by atoms with E-state index in [0.29, 0.717) is 0 Å². The molecule has 0 aromatic carbocycles. The zero-order valence-electron chi connectivity index (χ0n) is 4.89. The Hall–Kier alpha value is -0.0800. The van der Waals surface area contributed by atoms with Gasteiger partial charge in [-0.3, -0.25) is 0 Å². The monoisotopic (exact) mass is 149 g/mol. The zero-order chi connectivity index (χ0) is 5.28. The highest BCUT2D eigenvalue weighted by Gasteiger charge is 1.95. The van der Waals surface area contributed by atoms with E-state index in [-0.39, 0.29) is 12.4 Å². The summed E-state index contributed by atoms with van der Waals surface area (Å²) in [6.07, 6.45) is 2.06. The molecule has 0 radical (unpaired) electrons. The van der Waals surface area contributed by atoms with Gasteiger partial charge in [0.2, 0.25) is 5.01 Å². The van der Waals surface area contributed by atoms with Gasteiger partial charge in [-0.15, -0.1) is 0 Å². The number of rotatable bonds is 0. The first-order valence-electron chi connectivity index (χ1n) is 2.20. The van der Waals surface area contributed by atoms with Crippen LogP contribution in [0.1, 0.15) is 5.01 Å². The van der Waals surface area contributed by atoms with Gasteiger partial charge in [0.15, 0.2) is 6.20 Å². The van der Waals surface area contributed by atoms with Crippen LogP contribution in [0.3, 0.4) is 0 Å². The highest BCUT2D eigenvalue weighted by molar-refractivity contribution is 7.09. The van der Waals surface area contributed by atoms with Crippen molar-refractivity contribution in [2.24, 2.45) is 7.05 Å². The Labute approximate surface area is 59.4 Å². The predicted molar refractivity (Wildman–Crippen MR) is 30.2 cm³/mol. The minimum Gasteiger partial charge on any atom is -1.00 e. The number of aromatic nitrogens is 1. The van der Waals surface area contributed by atoms with Gasteiger partial charge in [0.25, 0.3) is 0 Å². The maximum atomic E-state index is 2.10. The number of hydrogen-bond donors (Lipinski definition) is 0. The molecule has 0 saturated carbocycles. The Balaban J connectivity index is 0.000000490. The first-order valence-corrected chi connectivity index (χ1v) is 3.08.